The molecule has 0 aliphatic carbocycles. The van der Waals surface area contributed by atoms with Crippen molar-refractivity contribution in [3.63, 3.8) is 0 Å². The summed E-state index contributed by atoms with van der Waals surface area (Å²) in [5.74, 6) is -0.000216. The molecule has 1 aliphatic rings. The van der Waals surface area contributed by atoms with Crippen molar-refractivity contribution in [2.24, 2.45) is 0 Å². The molecule has 5 heteroatoms. The Kier molecular flexibility index (Phi) is 4.15. The SMILES string of the molecule is Cc1c(C(=O)N(C)[C@@H]2CCNC2)ccc(Cl)c1Cl. The fourth-order valence-electron chi connectivity index (χ4n) is 2.21. The van der Waals surface area contributed by atoms with Gasteiger partial charge in [0.15, 0.2) is 0 Å². The van der Waals surface area contributed by atoms with Crippen LogP contribution in [-0.4, -0.2) is 37.0 Å². The fraction of sp³-hybridized carbons (Fsp3) is 0.462. The molecule has 0 bridgehead atoms. The van der Waals surface area contributed by atoms with E-state index in [1.54, 1.807) is 17.0 Å². The second-order valence-electron chi connectivity index (χ2n) is 4.60. The zero-order valence-electron chi connectivity index (χ0n) is 10.5. The number of carbonyl (C=O) groups is 1. The molecular weight excluding hydrogens is 271 g/mol. The Hall–Kier alpha value is -0.770. The second kappa shape index (κ2) is 5.47. The minimum atomic E-state index is -0.000216. The van der Waals surface area contributed by atoms with Gasteiger partial charge in [0.2, 0.25) is 0 Å². The predicted octanol–water partition coefficient (Wildman–Crippen LogP) is 2.74. The van der Waals surface area contributed by atoms with Crippen LogP contribution in [0.1, 0.15) is 22.3 Å². The molecule has 1 amide bonds. The van der Waals surface area contributed by atoms with Crippen LogP contribution in [0.5, 0.6) is 0 Å². The summed E-state index contributed by atoms with van der Waals surface area (Å²) < 4.78 is 0. The van der Waals surface area contributed by atoms with Crippen molar-refractivity contribution in [1.82, 2.24) is 10.2 Å². The van der Waals surface area contributed by atoms with Crippen LogP contribution in [0.3, 0.4) is 0 Å². The molecule has 18 heavy (non-hydrogen) atoms. The highest BCUT2D eigenvalue weighted by molar-refractivity contribution is 6.42. The molecule has 1 fully saturated rings. The monoisotopic (exact) mass is 286 g/mol. The van der Waals surface area contributed by atoms with Crippen molar-refractivity contribution in [3.8, 4) is 0 Å². The minimum Gasteiger partial charge on any atom is -0.337 e. The molecule has 0 radical (unpaired) electrons. The molecular formula is C13H16Cl2N2O. The summed E-state index contributed by atoms with van der Waals surface area (Å²) >= 11 is 12.0. The third-order valence-electron chi connectivity index (χ3n) is 3.47. The standard InChI is InChI=1S/C13H16Cl2N2O/c1-8-10(3-4-11(14)12(8)15)13(18)17(2)9-5-6-16-7-9/h3-4,9,16H,5-7H2,1-2H3/t9-/m1/s1. The molecule has 3 nitrogen and oxygen atoms in total. The lowest BCUT2D eigenvalue weighted by molar-refractivity contribution is 0.0743. The van der Waals surface area contributed by atoms with Crippen LogP contribution in [0.2, 0.25) is 10.0 Å². The van der Waals surface area contributed by atoms with E-state index in [-0.39, 0.29) is 11.9 Å². The molecule has 98 valence electrons. The maximum Gasteiger partial charge on any atom is 0.254 e. The van der Waals surface area contributed by atoms with Gasteiger partial charge in [-0.3, -0.25) is 4.79 Å². The summed E-state index contributed by atoms with van der Waals surface area (Å²) in [6, 6.07) is 3.67. The van der Waals surface area contributed by atoms with Crippen molar-refractivity contribution in [2.75, 3.05) is 20.1 Å². The van der Waals surface area contributed by atoms with Crippen LogP contribution in [0.4, 0.5) is 0 Å². The Morgan fingerprint density at radius 1 is 1.44 bits per heavy atom. The van der Waals surface area contributed by atoms with Crippen molar-refractivity contribution >= 4 is 29.1 Å². The van der Waals surface area contributed by atoms with Gasteiger partial charge >= 0.3 is 0 Å². The fourth-order valence-corrected chi connectivity index (χ4v) is 2.58. The first kappa shape index (κ1) is 13.7. The number of hydrogen-bond donors (Lipinski definition) is 1. The summed E-state index contributed by atoms with van der Waals surface area (Å²) in [6.45, 7) is 3.63. The van der Waals surface area contributed by atoms with Crippen LogP contribution in [-0.2, 0) is 0 Å². The number of nitrogens with zero attached hydrogens (tertiary/aromatic N) is 1. The summed E-state index contributed by atoms with van der Waals surface area (Å²) in [5, 5.41) is 4.19. The van der Waals surface area contributed by atoms with E-state index in [1.165, 1.54) is 0 Å². The summed E-state index contributed by atoms with van der Waals surface area (Å²) in [6.07, 6.45) is 0.989. The van der Waals surface area contributed by atoms with E-state index in [0.29, 0.717) is 15.6 Å². The van der Waals surface area contributed by atoms with Gasteiger partial charge in [0.05, 0.1) is 10.0 Å². The van der Waals surface area contributed by atoms with Gasteiger partial charge in [-0.15, -0.1) is 0 Å². The maximum atomic E-state index is 12.4. The number of likely N-dealkylation sites (N-methyl/N-ethyl adjacent to an activating group) is 1. The van der Waals surface area contributed by atoms with E-state index in [0.717, 1.165) is 25.1 Å². The Morgan fingerprint density at radius 2 is 2.17 bits per heavy atom. The molecule has 0 unspecified atom stereocenters. The van der Waals surface area contributed by atoms with Gasteiger partial charge in [0.1, 0.15) is 0 Å². The number of amides is 1. The Bertz CT molecular complexity index is 470. The highest BCUT2D eigenvalue weighted by Crippen LogP contribution is 2.28. The number of benzene rings is 1. The lowest BCUT2D eigenvalue weighted by atomic mass is 10.1. The molecule has 0 aromatic heterocycles. The van der Waals surface area contributed by atoms with Gasteiger partial charge < -0.3 is 10.2 Å². The third kappa shape index (κ3) is 2.48. The number of carbonyl (C=O) groups excluding carboxylic acids is 1. The molecule has 1 N–H and O–H groups in total. The average molecular weight is 287 g/mol. The maximum absolute atomic E-state index is 12.4. The summed E-state index contributed by atoms with van der Waals surface area (Å²) in [5.41, 5.74) is 1.37. The van der Waals surface area contributed by atoms with Crippen LogP contribution < -0.4 is 5.32 Å². The van der Waals surface area contributed by atoms with Crippen molar-refractivity contribution in [3.05, 3.63) is 33.3 Å². The first-order valence-corrected chi connectivity index (χ1v) is 6.70. The largest absolute Gasteiger partial charge is 0.337 e. The van der Waals surface area contributed by atoms with E-state index in [1.807, 2.05) is 14.0 Å². The molecule has 1 heterocycles. The van der Waals surface area contributed by atoms with E-state index in [4.69, 9.17) is 23.2 Å². The van der Waals surface area contributed by atoms with Gasteiger partial charge in [-0.25, -0.2) is 0 Å². The van der Waals surface area contributed by atoms with Gasteiger partial charge in [-0.1, -0.05) is 23.2 Å². The lowest BCUT2D eigenvalue weighted by Crippen LogP contribution is -2.38. The van der Waals surface area contributed by atoms with Crippen molar-refractivity contribution in [2.45, 2.75) is 19.4 Å². The topological polar surface area (TPSA) is 32.3 Å². The Morgan fingerprint density at radius 3 is 2.78 bits per heavy atom. The average Bonchev–Trinajstić information content (AvgIpc) is 2.88. The van der Waals surface area contributed by atoms with Gasteiger partial charge in [0, 0.05) is 25.2 Å². The predicted molar refractivity (Wildman–Crippen MR) is 74.6 cm³/mol. The smallest absolute Gasteiger partial charge is 0.254 e. The second-order valence-corrected chi connectivity index (χ2v) is 5.38. The van der Waals surface area contributed by atoms with Gasteiger partial charge in [-0.05, 0) is 37.6 Å². The van der Waals surface area contributed by atoms with E-state index >= 15 is 0 Å². The Labute approximate surface area is 117 Å². The number of nitrogens with one attached hydrogen (secondary N) is 1. The zero-order valence-corrected chi connectivity index (χ0v) is 12.0. The molecule has 1 saturated heterocycles. The van der Waals surface area contributed by atoms with Crippen LogP contribution in [0, 0.1) is 6.92 Å². The highest BCUT2D eigenvalue weighted by Gasteiger charge is 2.25. The van der Waals surface area contributed by atoms with E-state index < -0.39 is 0 Å². The van der Waals surface area contributed by atoms with Gasteiger partial charge in [0.25, 0.3) is 5.91 Å². The number of rotatable bonds is 2. The molecule has 0 spiro atoms. The number of hydrogen-bond acceptors (Lipinski definition) is 2. The number of halogens is 2. The van der Waals surface area contributed by atoms with Crippen molar-refractivity contribution < 1.29 is 4.79 Å². The Balaban J connectivity index is 2.25. The summed E-state index contributed by atoms with van der Waals surface area (Å²) in [7, 11) is 1.84. The zero-order chi connectivity index (χ0) is 13.3. The van der Waals surface area contributed by atoms with E-state index in [9.17, 15) is 4.79 Å². The molecule has 2 rings (SSSR count). The molecule has 1 aromatic rings. The van der Waals surface area contributed by atoms with Crippen LogP contribution in [0.25, 0.3) is 0 Å². The normalized spacial score (nSPS) is 19.0. The first-order chi connectivity index (χ1) is 8.52. The van der Waals surface area contributed by atoms with Crippen molar-refractivity contribution in [1.29, 1.82) is 0 Å². The van der Waals surface area contributed by atoms with E-state index in [2.05, 4.69) is 5.32 Å². The molecule has 0 saturated carbocycles. The molecule has 1 aromatic carbocycles. The highest BCUT2D eigenvalue weighted by atomic mass is 35.5. The third-order valence-corrected chi connectivity index (χ3v) is 4.37. The lowest BCUT2D eigenvalue weighted by Gasteiger charge is -2.24. The first-order valence-electron chi connectivity index (χ1n) is 5.95. The minimum absolute atomic E-state index is 0.000216. The summed E-state index contributed by atoms with van der Waals surface area (Å²) in [4.78, 5) is 14.2. The molecule has 1 atom stereocenters. The quantitative estimate of drug-likeness (QED) is 0.907. The molecule has 1 aliphatic heterocycles. The van der Waals surface area contributed by atoms with Gasteiger partial charge in [-0.2, -0.15) is 0 Å². The van der Waals surface area contributed by atoms with Crippen LogP contribution >= 0.6 is 23.2 Å². The van der Waals surface area contributed by atoms with Crippen LogP contribution in [0.15, 0.2) is 12.1 Å².